The number of nitrogens with two attached hydrogens (primary N) is 1. The van der Waals surface area contributed by atoms with E-state index in [1.165, 1.54) is 199 Å². The van der Waals surface area contributed by atoms with Crippen LogP contribution in [0.5, 0.6) is 0 Å². The molecule has 0 aliphatic heterocycles. The van der Waals surface area contributed by atoms with Gasteiger partial charge < -0.3 is 26.2 Å². The number of phosphoric ester groups is 1. The van der Waals surface area contributed by atoms with Gasteiger partial charge in [0.15, 0.2) is 0 Å². The minimum Gasteiger partial charge on any atom is -0.393 e. The number of allylic oxidation sites excluding steroid dienone is 1. The molecular formula is C50H101N2O7P. The molecule has 0 rings (SSSR count). The second kappa shape index (κ2) is 46.2. The summed E-state index contributed by atoms with van der Waals surface area (Å²) in [5.41, 5.74) is 5.38. The molecule has 0 aromatic heterocycles. The Morgan fingerprint density at radius 3 is 1.28 bits per heavy atom. The van der Waals surface area contributed by atoms with E-state index < -0.39 is 38.6 Å². The highest BCUT2D eigenvalue weighted by Crippen LogP contribution is 2.43. The smallest absolute Gasteiger partial charge is 0.393 e. The molecule has 4 atom stereocenters. The Morgan fingerprint density at radius 1 is 0.567 bits per heavy atom. The molecule has 0 aromatic carbocycles. The van der Waals surface area contributed by atoms with Crippen molar-refractivity contribution < 1.29 is 33.5 Å². The first-order valence-electron chi connectivity index (χ1n) is 25.9. The van der Waals surface area contributed by atoms with Crippen molar-refractivity contribution in [1.29, 1.82) is 0 Å². The topological polar surface area (TPSA) is 151 Å². The molecular weight excluding hydrogens is 772 g/mol. The molecule has 0 heterocycles. The first-order valence-corrected chi connectivity index (χ1v) is 27.4. The standard InChI is InChI=1S/C50H101N2O7P/c1-3-5-7-9-11-13-15-17-19-21-22-23-24-26-28-30-32-34-36-38-40-42-49(54)48(46-59-60(56,57)58-44-43-51)52-50(55)45-47(53)41-39-37-35-33-31-29-27-25-20-18-16-14-12-10-8-6-4-2/h40,42,47-49,53-54H,3-39,41,43-46,51H2,1-2H3,(H,52,55)(H,56,57)/b42-40+. The number of aliphatic hydroxyl groups excluding tert-OH is 2. The van der Waals surface area contributed by atoms with Gasteiger partial charge in [0.05, 0.1) is 37.9 Å². The van der Waals surface area contributed by atoms with E-state index in [9.17, 15) is 24.5 Å². The third kappa shape index (κ3) is 43.8. The summed E-state index contributed by atoms with van der Waals surface area (Å²) in [5.74, 6) is -0.440. The number of amides is 1. The third-order valence-corrected chi connectivity index (χ3v) is 12.9. The minimum absolute atomic E-state index is 0.0518. The lowest BCUT2D eigenvalue weighted by Crippen LogP contribution is -2.46. The summed E-state index contributed by atoms with van der Waals surface area (Å²) >= 11 is 0. The molecule has 0 aliphatic carbocycles. The van der Waals surface area contributed by atoms with Crippen LogP contribution < -0.4 is 11.1 Å². The van der Waals surface area contributed by atoms with Crippen LogP contribution >= 0.6 is 7.82 Å². The van der Waals surface area contributed by atoms with Gasteiger partial charge in [-0.05, 0) is 19.3 Å². The molecule has 0 saturated carbocycles. The van der Waals surface area contributed by atoms with E-state index in [1.807, 2.05) is 6.08 Å². The molecule has 4 unspecified atom stereocenters. The van der Waals surface area contributed by atoms with Crippen molar-refractivity contribution in [3.63, 3.8) is 0 Å². The Balaban J connectivity index is 4.17. The zero-order chi connectivity index (χ0) is 44.0. The molecule has 0 radical (unpaired) electrons. The van der Waals surface area contributed by atoms with E-state index in [4.69, 9.17) is 14.8 Å². The lowest BCUT2D eigenvalue weighted by Gasteiger charge is -2.24. The van der Waals surface area contributed by atoms with Crippen LogP contribution in [0.1, 0.15) is 264 Å². The molecule has 0 saturated heterocycles. The van der Waals surface area contributed by atoms with Gasteiger partial charge in [-0.25, -0.2) is 4.57 Å². The van der Waals surface area contributed by atoms with Crippen molar-refractivity contribution in [3.8, 4) is 0 Å². The highest BCUT2D eigenvalue weighted by Gasteiger charge is 2.27. The van der Waals surface area contributed by atoms with Gasteiger partial charge in [0, 0.05) is 6.54 Å². The summed E-state index contributed by atoms with van der Waals surface area (Å²) in [7, 11) is -4.40. The van der Waals surface area contributed by atoms with Crippen molar-refractivity contribution in [2.45, 2.75) is 283 Å². The fourth-order valence-corrected chi connectivity index (χ4v) is 8.76. The summed E-state index contributed by atoms with van der Waals surface area (Å²) in [6, 6.07) is -0.978. The summed E-state index contributed by atoms with van der Waals surface area (Å²) in [4.78, 5) is 22.9. The van der Waals surface area contributed by atoms with E-state index in [0.29, 0.717) is 6.42 Å². The molecule has 358 valence electrons. The maximum Gasteiger partial charge on any atom is 0.472 e. The number of aliphatic hydroxyl groups is 2. The van der Waals surface area contributed by atoms with Crippen molar-refractivity contribution in [2.24, 2.45) is 5.73 Å². The fraction of sp³-hybridized carbons (Fsp3) is 0.940. The molecule has 1 amide bonds. The summed E-state index contributed by atoms with van der Waals surface area (Å²) in [6.07, 6.45) is 50.2. The van der Waals surface area contributed by atoms with Crippen LogP contribution in [-0.4, -0.2) is 59.0 Å². The Bertz CT molecular complexity index is 971. The number of unbranched alkanes of at least 4 members (excludes halogenated alkanes) is 35. The zero-order valence-electron chi connectivity index (χ0n) is 39.6. The second-order valence-electron chi connectivity index (χ2n) is 17.9. The average molecular weight is 873 g/mol. The van der Waals surface area contributed by atoms with Crippen molar-refractivity contribution >= 4 is 13.7 Å². The largest absolute Gasteiger partial charge is 0.472 e. The van der Waals surface area contributed by atoms with E-state index in [0.717, 1.165) is 38.5 Å². The van der Waals surface area contributed by atoms with Gasteiger partial charge in [0.25, 0.3) is 0 Å². The first-order chi connectivity index (χ1) is 29.3. The summed E-state index contributed by atoms with van der Waals surface area (Å²) < 4.78 is 22.2. The zero-order valence-corrected chi connectivity index (χ0v) is 40.5. The Labute approximate surface area is 371 Å². The maximum absolute atomic E-state index is 12.9. The lowest BCUT2D eigenvalue weighted by molar-refractivity contribution is -0.124. The van der Waals surface area contributed by atoms with Crippen molar-refractivity contribution in [2.75, 3.05) is 19.8 Å². The van der Waals surface area contributed by atoms with E-state index in [2.05, 4.69) is 19.2 Å². The van der Waals surface area contributed by atoms with Gasteiger partial charge >= 0.3 is 7.82 Å². The number of hydrogen-bond acceptors (Lipinski definition) is 7. The van der Waals surface area contributed by atoms with Crippen LogP contribution in [0.2, 0.25) is 0 Å². The van der Waals surface area contributed by atoms with Crippen LogP contribution in [0, 0.1) is 0 Å². The first kappa shape index (κ1) is 59.2. The van der Waals surface area contributed by atoms with Crippen molar-refractivity contribution in [1.82, 2.24) is 5.32 Å². The number of rotatable bonds is 49. The molecule has 0 fully saturated rings. The number of hydrogen-bond donors (Lipinski definition) is 5. The van der Waals surface area contributed by atoms with Crippen LogP contribution in [0.3, 0.4) is 0 Å². The van der Waals surface area contributed by atoms with Crippen LogP contribution in [0.15, 0.2) is 12.2 Å². The number of carbonyl (C=O) groups excluding carboxylic acids is 1. The molecule has 0 aliphatic rings. The van der Waals surface area contributed by atoms with Gasteiger partial charge in [-0.15, -0.1) is 0 Å². The van der Waals surface area contributed by atoms with Crippen molar-refractivity contribution in [3.05, 3.63) is 12.2 Å². The summed E-state index contributed by atoms with van der Waals surface area (Å²) in [6.45, 7) is 4.02. The van der Waals surface area contributed by atoms with Gasteiger partial charge in [-0.2, -0.15) is 0 Å². The molecule has 60 heavy (non-hydrogen) atoms. The SMILES string of the molecule is CCCCCCCCCCCCCCCCCCCCC/C=C/C(O)C(COP(=O)(O)OCCN)NC(=O)CC(O)CCCCCCCCCCCCCCCCCCC. The molecule has 9 nitrogen and oxygen atoms in total. The Hall–Kier alpha value is -0.800. The Morgan fingerprint density at radius 2 is 0.917 bits per heavy atom. The van der Waals surface area contributed by atoms with Gasteiger partial charge in [-0.1, -0.05) is 251 Å². The van der Waals surface area contributed by atoms with Crippen LogP contribution in [0.25, 0.3) is 0 Å². The monoisotopic (exact) mass is 873 g/mol. The molecule has 6 N–H and O–H groups in total. The predicted molar refractivity (Wildman–Crippen MR) is 255 cm³/mol. The minimum atomic E-state index is -4.40. The van der Waals surface area contributed by atoms with E-state index in [1.54, 1.807) is 6.08 Å². The van der Waals surface area contributed by atoms with E-state index >= 15 is 0 Å². The van der Waals surface area contributed by atoms with E-state index in [-0.39, 0.29) is 19.6 Å². The van der Waals surface area contributed by atoms with Crippen LogP contribution in [-0.2, 0) is 18.4 Å². The maximum atomic E-state index is 12.9. The van der Waals surface area contributed by atoms with Crippen LogP contribution in [0.4, 0.5) is 0 Å². The number of nitrogens with one attached hydrogen (secondary N) is 1. The third-order valence-electron chi connectivity index (χ3n) is 11.9. The number of carbonyl (C=O) groups is 1. The molecule has 0 bridgehead atoms. The second-order valence-corrected chi connectivity index (χ2v) is 19.4. The quantitative estimate of drug-likeness (QED) is 0.0230. The normalized spacial score (nSPS) is 14.4. The molecule has 10 heteroatoms. The molecule has 0 spiro atoms. The highest BCUT2D eigenvalue weighted by molar-refractivity contribution is 7.47. The Kier molecular flexibility index (Phi) is 45.6. The summed E-state index contributed by atoms with van der Waals surface area (Å²) in [5, 5.41) is 24.2. The number of phosphoric acid groups is 1. The van der Waals surface area contributed by atoms with Gasteiger partial charge in [0.1, 0.15) is 0 Å². The lowest BCUT2D eigenvalue weighted by atomic mass is 10.0. The fourth-order valence-electron chi connectivity index (χ4n) is 8.00. The highest BCUT2D eigenvalue weighted by atomic mass is 31.2. The van der Waals surface area contributed by atoms with Gasteiger partial charge in [0.2, 0.25) is 5.91 Å². The van der Waals surface area contributed by atoms with Gasteiger partial charge in [-0.3, -0.25) is 13.8 Å². The predicted octanol–water partition coefficient (Wildman–Crippen LogP) is 14.1. The average Bonchev–Trinajstić information content (AvgIpc) is 3.23. The molecule has 0 aromatic rings.